The van der Waals surface area contributed by atoms with E-state index in [1.54, 1.807) is 18.2 Å². The number of hydrogen-bond acceptors (Lipinski definition) is 7. The van der Waals surface area contributed by atoms with Gasteiger partial charge in [-0.2, -0.15) is 0 Å². The molecule has 4 aromatic rings. The fourth-order valence-electron chi connectivity index (χ4n) is 3.66. The topological polar surface area (TPSA) is 112 Å². The molecule has 0 saturated heterocycles. The molecule has 0 fully saturated rings. The maximum atomic E-state index is 13.2. The lowest BCUT2D eigenvalue weighted by molar-refractivity contribution is -0.120. The zero-order valence-electron chi connectivity index (χ0n) is 18.4. The van der Waals surface area contributed by atoms with Crippen molar-refractivity contribution in [3.05, 3.63) is 69.6 Å². The van der Waals surface area contributed by atoms with Crippen LogP contribution in [0.1, 0.15) is 11.1 Å². The summed E-state index contributed by atoms with van der Waals surface area (Å²) in [5.41, 5.74) is 4.06. The second-order valence-corrected chi connectivity index (χ2v) is 8.73. The molecule has 172 valence electrons. The molecule has 0 saturated carbocycles. The summed E-state index contributed by atoms with van der Waals surface area (Å²) in [4.78, 5) is 42.8. The number of anilines is 1. The number of hydrogen-bond donors (Lipinski definition) is 2. The van der Waals surface area contributed by atoms with E-state index in [2.05, 4.69) is 15.6 Å². The standard InChI is InChI=1S/C24H20N4O5S/c1-13-3-4-15(7-14(13)2)17-10-34-22-21(17)23(30)28(11-25-22)9-20(29)27-24(31)26-16-5-6-18-19(8-16)33-12-32-18/h3-8,10-11H,9,12H2,1-2H3,(H2,26,27,29,31). The predicted molar refractivity (Wildman–Crippen MR) is 129 cm³/mol. The Balaban J connectivity index is 1.32. The minimum absolute atomic E-state index is 0.117. The van der Waals surface area contributed by atoms with Crippen molar-refractivity contribution in [1.29, 1.82) is 0 Å². The highest BCUT2D eigenvalue weighted by atomic mass is 32.1. The van der Waals surface area contributed by atoms with Gasteiger partial charge in [0.15, 0.2) is 11.5 Å². The fourth-order valence-corrected chi connectivity index (χ4v) is 4.57. The van der Waals surface area contributed by atoms with Crippen molar-refractivity contribution in [3.63, 3.8) is 0 Å². The number of imide groups is 1. The number of nitrogens with zero attached hydrogens (tertiary/aromatic N) is 2. The third-order valence-electron chi connectivity index (χ3n) is 5.58. The van der Waals surface area contributed by atoms with E-state index in [1.807, 2.05) is 37.4 Å². The van der Waals surface area contributed by atoms with E-state index in [-0.39, 0.29) is 18.9 Å². The molecule has 34 heavy (non-hydrogen) atoms. The molecule has 0 spiro atoms. The Labute approximate surface area is 198 Å². The summed E-state index contributed by atoms with van der Waals surface area (Å²) in [6, 6.07) is 10.2. The highest BCUT2D eigenvalue weighted by molar-refractivity contribution is 7.17. The number of carbonyl (C=O) groups excluding carboxylic acids is 2. The minimum atomic E-state index is -0.725. The molecular weight excluding hydrogens is 456 g/mol. The summed E-state index contributed by atoms with van der Waals surface area (Å²) in [5.74, 6) is 0.438. The largest absolute Gasteiger partial charge is 0.454 e. The van der Waals surface area contributed by atoms with Gasteiger partial charge in [0.25, 0.3) is 5.56 Å². The number of rotatable bonds is 4. The fraction of sp³-hybridized carbons (Fsp3) is 0.167. The number of urea groups is 1. The zero-order chi connectivity index (χ0) is 23.8. The molecule has 0 unspecified atom stereocenters. The van der Waals surface area contributed by atoms with Crippen LogP contribution in [0, 0.1) is 13.8 Å². The summed E-state index contributed by atoms with van der Waals surface area (Å²) in [5, 5.41) is 7.14. The van der Waals surface area contributed by atoms with Crippen molar-refractivity contribution >= 4 is 39.2 Å². The lowest BCUT2D eigenvalue weighted by Gasteiger charge is -2.09. The lowest BCUT2D eigenvalue weighted by atomic mass is 10.0. The third-order valence-corrected chi connectivity index (χ3v) is 6.46. The van der Waals surface area contributed by atoms with Gasteiger partial charge in [-0.1, -0.05) is 18.2 Å². The molecule has 2 aromatic carbocycles. The molecule has 2 aromatic heterocycles. The van der Waals surface area contributed by atoms with E-state index < -0.39 is 11.9 Å². The van der Waals surface area contributed by atoms with Crippen LogP contribution in [0.5, 0.6) is 11.5 Å². The van der Waals surface area contributed by atoms with Crippen LogP contribution in [0.25, 0.3) is 21.3 Å². The van der Waals surface area contributed by atoms with Gasteiger partial charge in [0.1, 0.15) is 11.4 Å². The molecule has 2 N–H and O–H groups in total. The van der Waals surface area contributed by atoms with Crippen LogP contribution in [0.15, 0.2) is 52.9 Å². The zero-order valence-corrected chi connectivity index (χ0v) is 19.2. The molecule has 0 atom stereocenters. The number of fused-ring (bicyclic) bond motifs is 2. The average Bonchev–Trinajstić information content (AvgIpc) is 3.44. The maximum Gasteiger partial charge on any atom is 0.325 e. The summed E-state index contributed by atoms with van der Waals surface area (Å²) >= 11 is 1.37. The van der Waals surface area contributed by atoms with Crippen LogP contribution >= 0.6 is 11.3 Å². The summed E-state index contributed by atoms with van der Waals surface area (Å²) in [7, 11) is 0. The van der Waals surface area contributed by atoms with Gasteiger partial charge in [0.2, 0.25) is 12.7 Å². The average molecular weight is 477 g/mol. The van der Waals surface area contributed by atoms with Crippen molar-refractivity contribution in [2.75, 3.05) is 12.1 Å². The Morgan fingerprint density at radius 3 is 2.74 bits per heavy atom. The number of benzene rings is 2. The molecule has 0 aliphatic carbocycles. The van der Waals surface area contributed by atoms with E-state index in [4.69, 9.17) is 9.47 Å². The number of thiophene rings is 1. The Hall–Kier alpha value is -4.18. The van der Waals surface area contributed by atoms with Gasteiger partial charge in [-0.05, 0) is 42.7 Å². The third kappa shape index (κ3) is 4.11. The summed E-state index contributed by atoms with van der Waals surface area (Å²) in [6.45, 7) is 3.81. The Bertz CT molecular complexity index is 1510. The molecule has 10 heteroatoms. The highest BCUT2D eigenvalue weighted by Crippen LogP contribution is 2.34. The first-order valence-electron chi connectivity index (χ1n) is 10.4. The number of aromatic nitrogens is 2. The van der Waals surface area contributed by atoms with Gasteiger partial charge in [0.05, 0.1) is 11.7 Å². The molecule has 3 amide bonds. The molecule has 0 bridgehead atoms. The minimum Gasteiger partial charge on any atom is -0.454 e. The molecule has 3 heterocycles. The van der Waals surface area contributed by atoms with E-state index >= 15 is 0 Å². The highest BCUT2D eigenvalue weighted by Gasteiger charge is 2.17. The van der Waals surface area contributed by atoms with Crippen molar-refractivity contribution in [2.24, 2.45) is 0 Å². The van der Waals surface area contributed by atoms with Crippen LogP contribution in [0.4, 0.5) is 10.5 Å². The molecule has 1 aliphatic heterocycles. The van der Waals surface area contributed by atoms with Gasteiger partial charge >= 0.3 is 6.03 Å². The number of carbonyl (C=O) groups is 2. The van der Waals surface area contributed by atoms with Crippen LogP contribution in [0.3, 0.4) is 0 Å². The van der Waals surface area contributed by atoms with Crippen molar-refractivity contribution in [3.8, 4) is 22.6 Å². The monoisotopic (exact) mass is 476 g/mol. The first kappa shape index (κ1) is 21.7. The number of ether oxygens (including phenoxy) is 2. The lowest BCUT2D eigenvalue weighted by Crippen LogP contribution is -2.38. The molecule has 1 aliphatic rings. The van der Waals surface area contributed by atoms with E-state index in [9.17, 15) is 14.4 Å². The number of aryl methyl sites for hydroxylation is 2. The smallest absolute Gasteiger partial charge is 0.325 e. The van der Waals surface area contributed by atoms with E-state index in [0.29, 0.717) is 27.4 Å². The Morgan fingerprint density at radius 1 is 1.09 bits per heavy atom. The maximum absolute atomic E-state index is 13.2. The predicted octanol–water partition coefficient (Wildman–Crippen LogP) is 3.82. The van der Waals surface area contributed by atoms with Crippen LogP contribution < -0.4 is 25.7 Å². The molecule has 0 radical (unpaired) electrons. The quantitative estimate of drug-likeness (QED) is 0.463. The molecule has 5 rings (SSSR count). The number of amides is 3. The van der Waals surface area contributed by atoms with Gasteiger partial charge in [-0.25, -0.2) is 9.78 Å². The van der Waals surface area contributed by atoms with Gasteiger partial charge in [-0.15, -0.1) is 11.3 Å². The normalized spacial score (nSPS) is 12.1. The van der Waals surface area contributed by atoms with Crippen molar-refractivity contribution < 1.29 is 19.1 Å². The summed E-state index contributed by atoms with van der Waals surface area (Å²) in [6.07, 6.45) is 1.32. The van der Waals surface area contributed by atoms with E-state index in [1.165, 1.54) is 22.2 Å². The molecule has 9 nitrogen and oxygen atoms in total. The van der Waals surface area contributed by atoms with Gasteiger partial charge in [0, 0.05) is 22.7 Å². The van der Waals surface area contributed by atoms with Crippen molar-refractivity contribution in [2.45, 2.75) is 20.4 Å². The first-order valence-corrected chi connectivity index (χ1v) is 11.3. The van der Waals surface area contributed by atoms with Crippen LogP contribution in [-0.4, -0.2) is 28.3 Å². The Kier molecular flexibility index (Phi) is 5.50. The van der Waals surface area contributed by atoms with E-state index in [0.717, 1.165) is 22.3 Å². The van der Waals surface area contributed by atoms with Gasteiger partial charge < -0.3 is 14.8 Å². The molecular formula is C24H20N4O5S. The first-order chi connectivity index (χ1) is 16.4. The van der Waals surface area contributed by atoms with Crippen molar-refractivity contribution in [1.82, 2.24) is 14.9 Å². The van der Waals surface area contributed by atoms with Crippen LogP contribution in [-0.2, 0) is 11.3 Å². The SMILES string of the molecule is Cc1ccc(-c2csc3ncn(CC(=O)NC(=O)Nc4ccc5c(c4)OCO5)c(=O)c23)cc1C. The summed E-state index contributed by atoms with van der Waals surface area (Å²) < 4.78 is 11.7. The Morgan fingerprint density at radius 2 is 1.91 bits per heavy atom. The second-order valence-electron chi connectivity index (χ2n) is 7.88. The van der Waals surface area contributed by atoms with Crippen LogP contribution in [0.2, 0.25) is 0 Å². The number of nitrogens with one attached hydrogen (secondary N) is 2. The van der Waals surface area contributed by atoms with Gasteiger partial charge in [-0.3, -0.25) is 19.5 Å². The second kappa shape index (κ2) is 8.64.